The summed E-state index contributed by atoms with van der Waals surface area (Å²) in [5, 5.41) is 19.9. The number of hydrogen-bond donors (Lipinski definition) is 2. The van der Waals surface area contributed by atoms with E-state index in [0.717, 1.165) is 18.7 Å². The number of rotatable bonds is 2. The zero-order valence-electron chi connectivity index (χ0n) is 8.55. The topological polar surface area (TPSA) is 80.0 Å². The van der Waals surface area contributed by atoms with E-state index in [1.807, 2.05) is 0 Å². The number of carboxylic acid groups (broad SMARTS) is 1. The molecule has 0 spiro atoms. The highest BCUT2D eigenvalue weighted by molar-refractivity contribution is 5.71. The molecule has 2 atom stereocenters. The number of aromatic nitrogens is 3. The number of nitrogens with one attached hydrogen (secondary N) is 1. The average Bonchev–Trinajstić information content (AvgIpc) is 2.64. The monoisotopic (exact) mass is 210 g/mol. The van der Waals surface area contributed by atoms with Crippen molar-refractivity contribution in [3.05, 3.63) is 11.9 Å². The Balaban J connectivity index is 2.25. The lowest BCUT2D eigenvalue weighted by atomic mass is 9.89. The number of aliphatic carboxylic acids is 1. The Bertz CT molecular complexity index is 363. The van der Waals surface area contributed by atoms with Gasteiger partial charge >= 0.3 is 5.97 Å². The molecular weight excluding hydrogens is 196 g/mol. The van der Waals surface area contributed by atoms with Crippen molar-refractivity contribution in [2.75, 3.05) is 6.54 Å². The molecule has 0 radical (unpaired) electrons. The van der Waals surface area contributed by atoms with Crippen LogP contribution in [0.4, 0.5) is 0 Å². The SMILES string of the molecule is Cn1nncc1C1NCCCC1C(=O)O. The first-order chi connectivity index (χ1) is 7.20. The molecule has 0 aromatic carbocycles. The molecule has 1 aliphatic rings. The normalized spacial score (nSPS) is 26.5. The minimum Gasteiger partial charge on any atom is -0.481 e. The van der Waals surface area contributed by atoms with Gasteiger partial charge in [0.25, 0.3) is 0 Å². The third-order valence-corrected chi connectivity index (χ3v) is 2.84. The van der Waals surface area contributed by atoms with Crippen molar-refractivity contribution >= 4 is 5.97 Å². The molecule has 2 N–H and O–H groups in total. The second-order valence-corrected chi connectivity index (χ2v) is 3.80. The van der Waals surface area contributed by atoms with Crippen LogP contribution in [0, 0.1) is 5.92 Å². The zero-order valence-corrected chi connectivity index (χ0v) is 8.55. The predicted octanol–water partition coefficient (Wildman–Crippen LogP) is -0.0596. The van der Waals surface area contributed by atoms with Gasteiger partial charge in [-0.05, 0) is 19.4 Å². The van der Waals surface area contributed by atoms with E-state index in [9.17, 15) is 4.79 Å². The lowest BCUT2D eigenvalue weighted by Gasteiger charge is -2.29. The van der Waals surface area contributed by atoms with E-state index in [0.29, 0.717) is 6.42 Å². The second kappa shape index (κ2) is 3.98. The lowest BCUT2D eigenvalue weighted by Crippen LogP contribution is -2.39. The molecule has 1 aromatic heterocycles. The van der Waals surface area contributed by atoms with Crippen molar-refractivity contribution in [2.24, 2.45) is 13.0 Å². The molecule has 1 saturated heterocycles. The van der Waals surface area contributed by atoms with Crippen LogP contribution < -0.4 is 5.32 Å². The fraction of sp³-hybridized carbons (Fsp3) is 0.667. The van der Waals surface area contributed by atoms with Crippen LogP contribution in [0.2, 0.25) is 0 Å². The van der Waals surface area contributed by atoms with Crippen molar-refractivity contribution in [3.8, 4) is 0 Å². The summed E-state index contributed by atoms with van der Waals surface area (Å²) >= 11 is 0. The number of piperidine rings is 1. The Morgan fingerprint density at radius 2 is 2.53 bits per heavy atom. The van der Waals surface area contributed by atoms with Crippen molar-refractivity contribution < 1.29 is 9.90 Å². The van der Waals surface area contributed by atoms with Crippen molar-refractivity contribution in [3.63, 3.8) is 0 Å². The van der Waals surface area contributed by atoms with Crippen molar-refractivity contribution in [2.45, 2.75) is 18.9 Å². The van der Waals surface area contributed by atoms with Crippen molar-refractivity contribution in [1.29, 1.82) is 0 Å². The summed E-state index contributed by atoms with van der Waals surface area (Å²) in [5.74, 6) is -1.13. The van der Waals surface area contributed by atoms with Crippen molar-refractivity contribution in [1.82, 2.24) is 20.3 Å². The predicted molar refractivity (Wildman–Crippen MR) is 52.1 cm³/mol. The van der Waals surface area contributed by atoms with Gasteiger partial charge in [0.05, 0.1) is 23.9 Å². The number of aryl methyl sites for hydroxylation is 1. The van der Waals surface area contributed by atoms with E-state index in [4.69, 9.17) is 5.11 Å². The smallest absolute Gasteiger partial charge is 0.308 e. The van der Waals surface area contributed by atoms with Crippen LogP contribution in [0.1, 0.15) is 24.6 Å². The Morgan fingerprint density at radius 3 is 3.13 bits per heavy atom. The lowest BCUT2D eigenvalue weighted by molar-refractivity contribution is -0.143. The van der Waals surface area contributed by atoms with Gasteiger partial charge in [-0.25, -0.2) is 0 Å². The van der Waals surface area contributed by atoms with Gasteiger partial charge in [-0.3, -0.25) is 9.48 Å². The summed E-state index contributed by atoms with van der Waals surface area (Å²) in [6.07, 6.45) is 3.23. The molecule has 1 aliphatic heterocycles. The Hall–Kier alpha value is -1.43. The van der Waals surface area contributed by atoms with Gasteiger partial charge in [0.2, 0.25) is 0 Å². The molecule has 2 rings (SSSR count). The fourth-order valence-corrected chi connectivity index (χ4v) is 2.04. The summed E-state index contributed by atoms with van der Waals surface area (Å²) < 4.78 is 1.62. The number of nitrogens with zero attached hydrogens (tertiary/aromatic N) is 3. The molecule has 6 nitrogen and oxygen atoms in total. The van der Waals surface area contributed by atoms with E-state index in [1.165, 1.54) is 0 Å². The van der Waals surface area contributed by atoms with Crippen LogP contribution in [-0.4, -0.2) is 32.6 Å². The van der Waals surface area contributed by atoms with Crippen LogP contribution >= 0.6 is 0 Å². The van der Waals surface area contributed by atoms with E-state index in [1.54, 1.807) is 17.9 Å². The van der Waals surface area contributed by atoms with Crippen LogP contribution in [-0.2, 0) is 11.8 Å². The van der Waals surface area contributed by atoms with E-state index < -0.39 is 5.97 Å². The van der Waals surface area contributed by atoms with Crippen LogP contribution in [0.5, 0.6) is 0 Å². The molecule has 1 aromatic rings. The molecule has 1 fully saturated rings. The first kappa shape index (κ1) is 10.1. The highest BCUT2D eigenvalue weighted by Gasteiger charge is 2.33. The Kier molecular flexibility index (Phi) is 2.68. The second-order valence-electron chi connectivity index (χ2n) is 3.80. The molecule has 0 aliphatic carbocycles. The summed E-state index contributed by atoms with van der Waals surface area (Å²) in [4.78, 5) is 11.1. The zero-order chi connectivity index (χ0) is 10.8. The number of hydrogen-bond acceptors (Lipinski definition) is 4. The van der Waals surface area contributed by atoms with E-state index in [-0.39, 0.29) is 12.0 Å². The van der Waals surface area contributed by atoms with Gasteiger partial charge in [0.1, 0.15) is 0 Å². The van der Waals surface area contributed by atoms with Gasteiger partial charge < -0.3 is 10.4 Å². The molecule has 15 heavy (non-hydrogen) atoms. The number of carbonyl (C=O) groups is 1. The van der Waals surface area contributed by atoms with Crippen LogP contribution in [0.3, 0.4) is 0 Å². The maximum Gasteiger partial charge on any atom is 0.308 e. The molecule has 82 valence electrons. The Morgan fingerprint density at radius 1 is 1.73 bits per heavy atom. The first-order valence-electron chi connectivity index (χ1n) is 5.01. The quantitative estimate of drug-likeness (QED) is 0.714. The van der Waals surface area contributed by atoms with Gasteiger partial charge in [-0.15, -0.1) is 5.10 Å². The van der Waals surface area contributed by atoms with Gasteiger partial charge in [-0.2, -0.15) is 0 Å². The largest absolute Gasteiger partial charge is 0.481 e. The van der Waals surface area contributed by atoms with Crippen LogP contribution in [0.15, 0.2) is 6.20 Å². The minimum absolute atomic E-state index is 0.170. The van der Waals surface area contributed by atoms with Crippen LogP contribution in [0.25, 0.3) is 0 Å². The maximum atomic E-state index is 11.1. The molecule has 0 amide bonds. The molecule has 0 bridgehead atoms. The van der Waals surface area contributed by atoms with Gasteiger partial charge in [0, 0.05) is 7.05 Å². The Labute approximate surface area is 87.3 Å². The number of carboxylic acids is 1. The highest BCUT2D eigenvalue weighted by atomic mass is 16.4. The van der Waals surface area contributed by atoms with E-state index >= 15 is 0 Å². The molecule has 6 heteroatoms. The van der Waals surface area contributed by atoms with E-state index in [2.05, 4.69) is 15.6 Å². The summed E-state index contributed by atoms with van der Waals surface area (Å²) in [7, 11) is 1.78. The summed E-state index contributed by atoms with van der Waals surface area (Å²) in [6, 6.07) is -0.170. The minimum atomic E-state index is -0.756. The fourth-order valence-electron chi connectivity index (χ4n) is 2.04. The van der Waals surface area contributed by atoms with Gasteiger partial charge in [0.15, 0.2) is 0 Å². The molecule has 2 unspecified atom stereocenters. The standard InChI is InChI=1S/C9H14N4O2/c1-13-7(5-11-12-13)8-6(9(14)15)3-2-4-10-8/h5-6,8,10H,2-4H2,1H3,(H,14,15). The molecule has 0 saturated carbocycles. The molecule has 2 heterocycles. The first-order valence-corrected chi connectivity index (χ1v) is 5.01. The average molecular weight is 210 g/mol. The summed E-state index contributed by atoms with van der Waals surface area (Å²) in [5.41, 5.74) is 0.835. The summed E-state index contributed by atoms with van der Waals surface area (Å²) in [6.45, 7) is 0.847. The highest BCUT2D eigenvalue weighted by Crippen LogP contribution is 2.28. The third kappa shape index (κ3) is 1.85. The maximum absolute atomic E-state index is 11.1. The van der Waals surface area contributed by atoms with Gasteiger partial charge in [-0.1, -0.05) is 5.21 Å². The third-order valence-electron chi connectivity index (χ3n) is 2.84. The molecular formula is C9H14N4O2.